The van der Waals surface area contributed by atoms with Gasteiger partial charge in [0.05, 0.1) is 19.7 Å². The number of ether oxygens (including phenoxy) is 4. The number of aliphatic imine (C=N–C) groups is 1. The molecular formula is C31H34BrN5O6. The number of azide groups is 1. The Hall–Kier alpha value is -3.93. The van der Waals surface area contributed by atoms with E-state index in [1.165, 1.54) is 14.2 Å². The van der Waals surface area contributed by atoms with E-state index in [1.54, 1.807) is 12.1 Å². The van der Waals surface area contributed by atoms with Crippen LogP contribution in [0.3, 0.4) is 0 Å². The Kier molecular flexibility index (Phi) is 11.5. The van der Waals surface area contributed by atoms with Gasteiger partial charge in [-0.2, -0.15) is 0 Å². The molecular weight excluding hydrogens is 618 g/mol. The lowest BCUT2D eigenvalue weighted by Gasteiger charge is -2.32. The number of rotatable bonds is 15. The highest BCUT2D eigenvalue weighted by Gasteiger charge is 2.54. The largest absolute Gasteiger partial charge is 0.494 e. The number of hydrogen-bond acceptors (Lipinski definition) is 8. The number of carbonyl (C=O) groups is 1. The van der Waals surface area contributed by atoms with Gasteiger partial charge >= 0.3 is 0 Å². The summed E-state index contributed by atoms with van der Waals surface area (Å²) < 4.78 is 23.6. The number of aliphatic hydroxyl groups is 1. The smallest absolute Gasteiger partial charge is 0.252 e. The summed E-state index contributed by atoms with van der Waals surface area (Å²) in [5.74, 6) is 0.546. The van der Waals surface area contributed by atoms with Crippen LogP contribution >= 0.6 is 15.9 Å². The lowest BCUT2D eigenvalue weighted by Crippen LogP contribution is -2.51. The molecule has 0 bridgehead atoms. The van der Waals surface area contributed by atoms with E-state index in [0.29, 0.717) is 30.2 Å². The lowest BCUT2D eigenvalue weighted by molar-refractivity contribution is -0.134. The summed E-state index contributed by atoms with van der Waals surface area (Å²) in [5, 5.41) is 15.8. The number of hydrogen-bond donors (Lipinski definition) is 2. The monoisotopic (exact) mass is 651 g/mol. The van der Waals surface area contributed by atoms with E-state index in [-0.39, 0.29) is 32.0 Å². The topological polar surface area (TPSA) is 147 Å². The summed E-state index contributed by atoms with van der Waals surface area (Å²) in [4.78, 5) is 22.3. The zero-order chi connectivity index (χ0) is 30.7. The maximum absolute atomic E-state index is 14.4. The minimum absolute atomic E-state index is 0.0464. The van der Waals surface area contributed by atoms with E-state index in [2.05, 4.69) is 31.3 Å². The molecule has 0 radical (unpaired) electrons. The molecule has 12 heteroatoms. The van der Waals surface area contributed by atoms with Crippen LogP contribution in [0.15, 0.2) is 87.4 Å². The molecule has 0 saturated carbocycles. The summed E-state index contributed by atoms with van der Waals surface area (Å²) in [6, 6.07) is 22.3. The maximum atomic E-state index is 14.4. The predicted molar refractivity (Wildman–Crippen MR) is 165 cm³/mol. The second kappa shape index (κ2) is 15.5. The first kappa shape index (κ1) is 32.0. The molecule has 226 valence electrons. The van der Waals surface area contributed by atoms with Crippen molar-refractivity contribution >= 4 is 27.7 Å². The molecule has 11 nitrogen and oxygen atoms in total. The molecule has 0 unspecified atom stereocenters. The van der Waals surface area contributed by atoms with E-state index in [1.807, 2.05) is 60.7 Å². The SMILES string of the molecule is COC(CNC(=O)[C@]1(Cc2ccccc2CN=[N+]=[N-])N=C(c2ccc(OCCCO)cc2)O[C@@H]1c1ccccc1Br)OC. The van der Waals surface area contributed by atoms with Crippen LogP contribution < -0.4 is 10.1 Å². The molecule has 43 heavy (non-hydrogen) atoms. The molecule has 0 fully saturated rings. The quantitative estimate of drug-likeness (QED) is 0.0753. The van der Waals surface area contributed by atoms with Crippen LogP contribution in [0.5, 0.6) is 5.75 Å². The van der Waals surface area contributed by atoms with Gasteiger partial charge in [0, 0.05) is 54.2 Å². The fourth-order valence-electron chi connectivity index (χ4n) is 4.82. The molecule has 1 aliphatic rings. The summed E-state index contributed by atoms with van der Waals surface area (Å²) in [5.41, 5.74) is 10.5. The average molecular weight is 653 g/mol. The van der Waals surface area contributed by atoms with Crippen molar-refractivity contribution in [3.63, 3.8) is 0 Å². The lowest BCUT2D eigenvalue weighted by atomic mass is 9.81. The zero-order valence-electron chi connectivity index (χ0n) is 24.0. The summed E-state index contributed by atoms with van der Waals surface area (Å²) in [6.07, 6.45) is -0.811. The second-order valence-corrected chi connectivity index (χ2v) is 10.6. The molecule has 1 heterocycles. The van der Waals surface area contributed by atoms with Gasteiger partial charge in [0.15, 0.2) is 17.9 Å². The van der Waals surface area contributed by atoms with Gasteiger partial charge in [-0.3, -0.25) is 4.79 Å². The van der Waals surface area contributed by atoms with Gasteiger partial charge in [-0.25, -0.2) is 4.99 Å². The molecule has 3 aromatic carbocycles. The Bertz CT molecular complexity index is 1460. The number of nitrogens with zero attached hydrogens (tertiary/aromatic N) is 4. The van der Waals surface area contributed by atoms with E-state index in [4.69, 9.17) is 34.6 Å². The number of aliphatic hydroxyl groups excluding tert-OH is 1. The zero-order valence-corrected chi connectivity index (χ0v) is 25.6. The number of nitrogens with one attached hydrogen (secondary N) is 1. The number of amides is 1. The van der Waals surface area contributed by atoms with Crippen molar-refractivity contribution in [3.8, 4) is 5.75 Å². The van der Waals surface area contributed by atoms with Crippen LogP contribution in [0.25, 0.3) is 10.4 Å². The van der Waals surface area contributed by atoms with E-state index in [0.717, 1.165) is 21.2 Å². The van der Waals surface area contributed by atoms with Gasteiger partial charge < -0.3 is 29.4 Å². The molecule has 1 aliphatic heterocycles. The molecule has 1 amide bonds. The normalized spacial score (nSPS) is 17.6. The van der Waals surface area contributed by atoms with Crippen molar-refractivity contribution in [3.05, 3.63) is 110 Å². The van der Waals surface area contributed by atoms with Crippen LogP contribution in [-0.4, -0.2) is 62.7 Å². The molecule has 2 N–H and O–H groups in total. The Labute approximate surface area is 258 Å². The highest BCUT2D eigenvalue weighted by atomic mass is 79.9. The molecule has 4 rings (SSSR count). The van der Waals surface area contributed by atoms with Crippen molar-refractivity contribution in [1.82, 2.24) is 5.32 Å². The molecule has 0 aliphatic carbocycles. The van der Waals surface area contributed by atoms with Crippen LogP contribution in [0.2, 0.25) is 0 Å². The van der Waals surface area contributed by atoms with Crippen molar-refractivity contribution in [2.75, 3.05) is 34.0 Å². The Morgan fingerprint density at radius 1 is 1.12 bits per heavy atom. The number of methoxy groups -OCH3 is 2. The molecule has 2 atom stereocenters. The van der Waals surface area contributed by atoms with Crippen LogP contribution in [0.4, 0.5) is 0 Å². The van der Waals surface area contributed by atoms with Gasteiger partial charge in [0.25, 0.3) is 5.91 Å². The summed E-state index contributed by atoms with van der Waals surface area (Å²) in [6.45, 7) is 0.640. The third-order valence-electron chi connectivity index (χ3n) is 7.06. The Balaban J connectivity index is 1.83. The number of halogens is 1. The van der Waals surface area contributed by atoms with Gasteiger partial charge in [-0.05, 0) is 47.0 Å². The predicted octanol–water partition coefficient (Wildman–Crippen LogP) is 5.26. The van der Waals surface area contributed by atoms with E-state index >= 15 is 0 Å². The minimum Gasteiger partial charge on any atom is -0.494 e. The first-order valence-electron chi connectivity index (χ1n) is 13.7. The first-order valence-corrected chi connectivity index (χ1v) is 14.5. The summed E-state index contributed by atoms with van der Waals surface area (Å²) >= 11 is 3.65. The Morgan fingerprint density at radius 2 is 1.81 bits per heavy atom. The van der Waals surface area contributed by atoms with Crippen LogP contribution in [-0.2, 0) is 32.0 Å². The Morgan fingerprint density at radius 3 is 2.49 bits per heavy atom. The highest BCUT2D eigenvalue weighted by molar-refractivity contribution is 9.10. The van der Waals surface area contributed by atoms with E-state index in [9.17, 15) is 4.79 Å². The van der Waals surface area contributed by atoms with Crippen LogP contribution in [0, 0.1) is 0 Å². The number of carbonyl (C=O) groups excluding carboxylic acids is 1. The second-order valence-electron chi connectivity index (χ2n) is 9.76. The van der Waals surface area contributed by atoms with Crippen molar-refractivity contribution in [1.29, 1.82) is 0 Å². The van der Waals surface area contributed by atoms with E-state index < -0.39 is 17.9 Å². The third kappa shape index (κ3) is 7.73. The first-order chi connectivity index (χ1) is 20.9. The number of benzene rings is 3. The fraction of sp³-hybridized carbons (Fsp3) is 0.355. The van der Waals surface area contributed by atoms with Crippen molar-refractivity contribution in [2.24, 2.45) is 10.1 Å². The van der Waals surface area contributed by atoms with Gasteiger partial charge in [-0.15, -0.1) is 0 Å². The minimum atomic E-state index is -1.46. The molecule has 0 saturated heterocycles. The molecule has 0 spiro atoms. The standard InChI is InChI=1S/C31H34BrN5O6/c1-40-27(41-2)20-34-30(39)31(18-22-8-3-4-9-23(22)19-35-37-33)28(25-10-5-6-11-26(25)32)43-29(36-31)21-12-14-24(15-13-21)42-17-7-16-38/h3-6,8-15,27-28,38H,7,16-20H2,1-2H3,(H,34,39)/t28-,31-/m1/s1. The summed E-state index contributed by atoms with van der Waals surface area (Å²) in [7, 11) is 3.00. The highest BCUT2D eigenvalue weighted by Crippen LogP contribution is 2.45. The van der Waals surface area contributed by atoms with Gasteiger partial charge in [0.2, 0.25) is 5.90 Å². The average Bonchev–Trinajstić information content (AvgIpc) is 3.41. The van der Waals surface area contributed by atoms with Crippen molar-refractivity contribution in [2.45, 2.75) is 37.3 Å². The fourth-order valence-corrected chi connectivity index (χ4v) is 5.31. The van der Waals surface area contributed by atoms with Gasteiger partial charge in [-0.1, -0.05) is 63.5 Å². The van der Waals surface area contributed by atoms with Crippen molar-refractivity contribution < 1.29 is 28.8 Å². The van der Waals surface area contributed by atoms with Gasteiger partial charge in [0.1, 0.15) is 5.75 Å². The third-order valence-corrected chi connectivity index (χ3v) is 7.78. The molecule has 3 aromatic rings. The maximum Gasteiger partial charge on any atom is 0.252 e. The molecule has 0 aromatic heterocycles. The van der Waals surface area contributed by atoms with Crippen LogP contribution in [0.1, 0.15) is 34.8 Å².